The third kappa shape index (κ3) is 3.18. The van der Waals surface area contributed by atoms with E-state index in [-0.39, 0.29) is 12.5 Å². The Kier molecular flexibility index (Phi) is 4.12. The summed E-state index contributed by atoms with van der Waals surface area (Å²) >= 11 is 0. The minimum atomic E-state index is -0.726. The summed E-state index contributed by atoms with van der Waals surface area (Å²) < 4.78 is 0. The lowest BCUT2D eigenvalue weighted by Gasteiger charge is -2.36. The van der Waals surface area contributed by atoms with E-state index in [4.69, 9.17) is 5.11 Å². The number of carboxylic acids is 1. The van der Waals surface area contributed by atoms with E-state index < -0.39 is 5.97 Å². The number of aryl methyl sites for hydroxylation is 1. The summed E-state index contributed by atoms with van der Waals surface area (Å²) in [6.45, 7) is 2.86. The number of aromatic nitrogens is 2. The highest BCUT2D eigenvalue weighted by atomic mass is 16.4. The van der Waals surface area contributed by atoms with Crippen LogP contribution >= 0.6 is 0 Å². The molecule has 5 nitrogen and oxygen atoms in total. The van der Waals surface area contributed by atoms with Crippen molar-refractivity contribution in [3.8, 4) is 0 Å². The summed E-state index contributed by atoms with van der Waals surface area (Å²) in [5.74, 6) is 0.145. The van der Waals surface area contributed by atoms with Crippen molar-refractivity contribution in [1.82, 2.24) is 10.2 Å². The Balaban J connectivity index is 2.07. The molecule has 18 heavy (non-hydrogen) atoms. The van der Waals surface area contributed by atoms with Crippen LogP contribution in [-0.4, -0.2) is 33.9 Å². The largest absolute Gasteiger partial charge is 0.481 e. The number of piperidine rings is 1. The number of carboxylic acid groups (broad SMARTS) is 1. The van der Waals surface area contributed by atoms with E-state index >= 15 is 0 Å². The van der Waals surface area contributed by atoms with Gasteiger partial charge in [-0.25, -0.2) is 0 Å². The van der Waals surface area contributed by atoms with Crippen LogP contribution in [0.1, 0.15) is 37.8 Å². The molecule has 0 saturated carbocycles. The van der Waals surface area contributed by atoms with Crippen LogP contribution in [-0.2, 0) is 4.79 Å². The standard InChI is InChI=1S/C13H19N3O2/c1-10-5-7-12(15-14-10)16-9-3-2-4-11(16)6-8-13(17)18/h5,7,11H,2-4,6,8-9H2,1H3,(H,17,18). The first-order valence-electron chi connectivity index (χ1n) is 6.45. The lowest BCUT2D eigenvalue weighted by atomic mass is 9.98. The Morgan fingerprint density at radius 3 is 2.94 bits per heavy atom. The SMILES string of the molecule is Cc1ccc(N2CCCCC2CCC(=O)O)nn1. The lowest BCUT2D eigenvalue weighted by Crippen LogP contribution is -2.40. The fourth-order valence-corrected chi connectivity index (χ4v) is 2.44. The van der Waals surface area contributed by atoms with Crippen molar-refractivity contribution in [2.24, 2.45) is 0 Å². The molecular weight excluding hydrogens is 230 g/mol. The van der Waals surface area contributed by atoms with Crippen LogP contribution in [0.3, 0.4) is 0 Å². The number of carbonyl (C=O) groups is 1. The van der Waals surface area contributed by atoms with Gasteiger partial charge in [-0.15, -0.1) is 5.10 Å². The van der Waals surface area contributed by atoms with Crippen molar-refractivity contribution >= 4 is 11.8 Å². The van der Waals surface area contributed by atoms with Crippen LogP contribution in [0.5, 0.6) is 0 Å². The molecule has 0 bridgehead atoms. The molecule has 1 aliphatic heterocycles. The first-order valence-corrected chi connectivity index (χ1v) is 6.45. The van der Waals surface area contributed by atoms with Crippen LogP contribution in [0, 0.1) is 6.92 Å². The predicted molar refractivity (Wildman–Crippen MR) is 68.6 cm³/mol. The number of aliphatic carboxylic acids is 1. The van der Waals surface area contributed by atoms with Gasteiger partial charge in [-0.3, -0.25) is 4.79 Å². The van der Waals surface area contributed by atoms with Gasteiger partial charge in [0.25, 0.3) is 0 Å². The van der Waals surface area contributed by atoms with Crippen LogP contribution in [0.25, 0.3) is 0 Å². The minimum absolute atomic E-state index is 0.223. The molecule has 1 atom stereocenters. The van der Waals surface area contributed by atoms with E-state index in [2.05, 4.69) is 15.1 Å². The van der Waals surface area contributed by atoms with Gasteiger partial charge in [0.1, 0.15) is 0 Å². The topological polar surface area (TPSA) is 66.3 Å². The fourth-order valence-electron chi connectivity index (χ4n) is 2.44. The average molecular weight is 249 g/mol. The van der Waals surface area contributed by atoms with Gasteiger partial charge in [0.2, 0.25) is 0 Å². The molecule has 2 rings (SSSR count). The fraction of sp³-hybridized carbons (Fsp3) is 0.615. The molecule has 0 radical (unpaired) electrons. The molecule has 2 heterocycles. The number of hydrogen-bond acceptors (Lipinski definition) is 4. The second-order valence-electron chi connectivity index (χ2n) is 4.81. The van der Waals surface area contributed by atoms with Crippen LogP contribution in [0.15, 0.2) is 12.1 Å². The van der Waals surface area contributed by atoms with Gasteiger partial charge in [-0.05, 0) is 44.7 Å². The summed E-state index contributed by atoms with van der Waals surface area (Å²) in [5.41, 5.74) is 0.901. The smallest absolute Gasteiger partial charge is 0.303 e. The van der Waals surface area contributed by atoms with Gasteiger partial charge in [0.15, 0.2) is 5.82 Å². The summed E-state index contributed by atoms with van der Waals surface area (Å²) in [5, 5.41) is 17.1. The van der Waals surface area contributed by atoms with E-state index in [1.165, 1.54) is 6.42 Å². The monoisotopic (exact) mass is 249 g/mol. The van der Waals surface area contributed by atoms with E-state index in [1.54, 1.807) is 0 Å². The quantitative estimate of drug-likeness (QED) is 0.884. The molecule has 1 unspecified atom stereocenters. The van der Waals surface area contributed by atoms with Crippen molar-refractivity contribution in [2.75, 3.05) is 11.4 Å². The Morgan fingerprint density at radius 1 is 1.44 bits per heavy atom. The van der Waals surface area contributed by atoms with E-state index in [0.717, 1.165) is 30.9 Å². The van der Waals surface area contributed by atoms with Gasteiger partial charge in [-0.2, -0.15) is 5.10 Å². The molecule has 1 fully saturated rings. The summed E-state index contributed by atoms with van der Waals surface area (Å²) in [6.07, 6.45) is 4.26. The average Bonchev–Trinajstić information content (AvgIpc) is 2.38. The highest BCUT2D eigenvalue weighted by Crippen LogP contribution is 2.25. The van der Waals surface area contributed by atoms with Crippen molar-refractivity contribution in [3.05, 3.63) is 17.8 Å². The molecule has 1 saturated heterocycles. The zero-order chi connectivity index (χ0) is 13.0. The first-order chi connectivity index (χ1) is 8.66. The van der Waals surface area contributed by atoms with E-state index in [9.17, 15) is 4.79 Å². The first kappa shape index (κ1) is 12.8. The number of hydrogen-bond donors (Lipinski definition) is 1. The Labute approximate surface area is 107 Å². The lowest BCUT2D eigenvalue weighted by molar-refractivity contribution is -0.137. The molecule has 98 valence electrons. The molecule has 0 aromatic carbocycles. The zero-order valence-electron chi connectivity index (χ0n) is 10.7. The molecule has 5 heteroatoms. The highest BCUT2D eigenvalue weighted by molar-refractivity contribution is 5.66. The molecule has 1 aromatic heterocycles. The minimum Gasteiger partial charge on any atom is -0.481 e. The third-order valence-corrected chi connectivity index (χ3v) is 3.40. The number of nitrogens with zero attached hydrogens (tertiary/aromatic N) is 3. The maximum Gasteiger partial charge on any atom is 0.303 e. The third-order valence-electron chi connectivity index (χ3n) is 3.40. The van der Waals surface area contributed by atoms with Crippen molar-refractivity contribution < 1.29 is 9.90 Å². The van der Waals surface area contributed by atoms with Crippen molar-refractivity contribution in [2.45, 2.75) is 45.1 Å². The number of anilines is 1. The molecule has 0 spiro atoms. The van der Waals surface area contributed by atoms with E-state index in [1.807, 2.05) is 19.1 Å². The van der Waals surface area contributed by atoms with Crippen LogP contribution in [0.2, 0.25) is 0 Å². The van der Waals surface area contributed by atoms with Gasteiger partial charge in [0.05, 0.1) is 5.69 Å². The molecule has 1 aliphatic rings. The number of rotatable bonds is 4. The van der Waals surface area contributed by atoms with Gasteiger partial charge in [0, 0.05) is 19.0 Å². The maximum atomic E-state index is 10.7. The second-order valence-corrected chi connectivity index (χ2v) is 4.81. The van der Waals surface area contributed by atoms with Crippen LogP contribution in [0.4, 0.5) is 5.82 Å². The summed E-state index contributed by atoms with van der Waals surface area (Å²) in [7, 11) is 0. The second kappa shape index (κ2) is 5.80. The molecule has 0 aliphatic carbocycles. The highest BCUT2D eigenvalue weighted by Gasteiger charge is 2.24. The predicted octanol–water partition coefficient (Wildman–Crippen LogP) is 2.01. The van der Waals surface area contributed by atoms with Crippen LogP contribution < -0.4 is 4.90 Å². The van der Waals surface area contributed by atoms with Gasteiger partial charge < -0.3 is 10.0 Å². The molecule has 1 N–H and O–H groups in total. The summed E-state index contributed by atoms with van der Waals surface area (Å²) in [6, 6.07) is 4.21. The molecule has 1 aromatic rings. The van der Waals surface area contributed by atoms with Gasteiger partial charge >= 0.3 is 5.97 Å². The zero-order valence-corrected chi connectivity index (χ0v) is 10.7. The maximum absolute atomic E-state index is 10.7. The van der Waals surface area contributed by atoms with Crippen molar-refractivity contribution in [3.63, 3.8) is 0 Å². The molecular formula is C13H19N3O2. The Hall–Kier alpha value is -1.65. The van der Waals surface area contributed by atoms with Gasteiger partial charge in [-0.1, -0.05) is 0 Å². The Bertz CT molecular complexity index is 405. The Morgan fingerprint density at radius 2 is 2.28 bits per heavy atom. The normalized spacial score (nSPS) is 19.8. The van der Waals surface area contributed by atoms with Crippen molar-refractivity contribution in [1.29, 1.82) is 0 Å². The van der Waals surface area contributed by atoms with E-state index in [0.29, 0.717) is 6.42 Å². The summed E-state index contributed by atoms with van der Waals surface area (Å²) in [4.78, 5) is 12.9. The molecule has 0 amide bonds.